The van der Waals surface area contributed by atoms with E-state index in [0.29, 0.717) is 31.4 Å². The van der Waals surface area contributed by atoms with E-state index in [2.05, 4.69) is 16.0 Å². The lowest BCUT2D eigenvalue weighted by atomic mass is 9.85. The molecule has 0 aliphatic heterocycles. The molecule has 3 unspecified atom stereocenters. The molecule has 0 radical (unpaired) electrons. The normalized spacial score (nSPS) is 27.4. The molecule has 0 aromatic carbocycles. The van der Waals surface area contributed by atoms with Gasteiger partial charge in [-0.1, -0.05) is 33.8 Å². The summed E-state index contributed by atoms with van der Waals surface area (Å²) in [6.45, 7) is 9.58. The van der Waals surface area contributed by atoms with Gasteiger partial charge in [0.15, 0.2) is 0 Å². The summed E-state index contributed by atoms with van der Waals surface area (Å²) >= 11 is 0. The minimum atomic E-state index is -1.23. The first-order valence-electron chi connectivity index (χ1n) is 9.78. The Hall–Kier alpha value is -2.38. The molecule has 0 aromatic heterocycles. The van der Waals surface area contributed by atoms with Crippen molar-refractivity contribution in [2.75, 3.05) is 6.54 Å². The van der Waals surface area contributed by atoms with Crippen molar-refractivity contribution in [3.8, 4) is 0 Å². The quantitative estimate of drug-likeness (QED) is 0.513. The van der Waals surface area contributed by atoms with Crippen LogP contribution in [0.5, 0.6) is 0 Å². The molecular weight excluding hydrogens is 362 g/mol. The second-order valence-electron chi connectivity index (χ2n) is 8.83. The highest BCUT2D eigenvalue weighted by Gasteiger charge is 2.59. The van der Waals surface area contributed by atoms with Crippen LogP contribution in [0.1, 0.15) is 53.9 Å². The second kappa shape index (κ2) is 7.93. The van der Waals surface area contributed by atoms with Gasteiger partial charge in [-0.3, -0.25) is 14.4 Å². The molecule has 1 saturated carbocycles. The molecule has 156 valence electrons. The van der Waals surface area contributed by atoms with E-state index < -0.39 is 40.7 Å². The fourth-order valence-corrected chi connectivity index (χ4v) is 3.65. The van der Waals surface area contributed by atoms with E-state index >= 15 is 0 Å². The van der Waals surface area contributed by atoms with Gasteiger partial charge in [-0.15, -0.1) is 0 Å². The van der Waals surface area contributed by atoms with Gasteiger partial charge in [0.25, 0.3) is 0 Å². The van der Waals surface area contributed by atoms with E-state index in [9.17, 15) is 24.3 Å². The van der Waals surface area contributed by atoms with Gasteiger partial charge in [0.05, 0.1) is 5.92 Å². The van der Waals surface area contributed by atoms with Gasteiger partial charge < -0.3 is 21.1 Å². The largest absolute Gasteiger partial charge is 0.479 e. The number of aliphatic carboxylic acids is 1. The van der Waals surface area contributed by atoms with Crippen LogP contribution in [-0.4, -0.2) is 46.9 Å². The van der Waals surface area contributed by atoms with Crippen molar-refractivity contribution < 1.29 is 24.3 Å². The van der Waals surface area contributed by atoms with Crippen LogP contribution in [0.4, 0.5) is 0 Å². The summed E-state index contributed by atoms with van der Waals surface area (Å²) in [4.78, 5) is 49.4. The molecule has 2 aliphatic rings. The molecule has 0 bridgehead atoms. The summed E-state index contributed by atoms with van der Waals surface area (Å²) in [6, 6.07) is -0.751. The summed E-state index contributed by atoms with van der Waals surface area (Å²) in [7, 11) is 0. The standard InChI is InChI=1S/C20H31N3O5/c1-6-21-17(26)14(19(3,4)5)22-15(24)12-8-7-9-13(12)16(25)23-20(18(27)28)10-11(20)2/h8,11,13-14H,6-7,9-10H2,1-5H3,(H,21,26)(H,22,24)(H,23,25)(H,27,28)/t11?,13?,14?,20-/m1/s1. The Morgan fingerprint density at radius 1 is 1.29 bits per heavy atom. The monoisotopic (exact) mass is 393 g/mol. The van der Waals surface area contributed by atoms with Gasteiger partial charge in [0, 0.05) is 12.1 Å². The maximum absolute atomic E-state index is 12.8. The molecule has 3 amide bonds. The Morgan fingerprint density at radius 2 is 1.89 bits per heavy atom. The molecule has 0 saturated heterocycles. The highest BCUT2D eigenvalue weighted by Crippen LogP contribution is 2.44. The molecule has 0 spiro atoms. The number of carboxylic acids is 1. The summed E-state index contributed by atoms with van der Waals surface area (Å²) in [5.74, 6) is -3.09. The number of carbonyl (C=O) groups is 4. The van der Waals surface area contributed by atoms with Crippen molar-refractivity contribution in [2.24, 2.45) is 17.3 Å². The van der Waals surface area contributed by atoms with Crippen LogP contribution >= 0.6 is 0 Å². The molecule has 28 heavy (non-hydrogen) atoms. The van der Waals surface area contributed by atoms with Crippen LogP contribution in [0.15, 0.2) is 11.6 Å². The molecule has 2 aliphatic carbocycles. The fourth-order valence-electron chi connectivity index (χ4n) is 3.65. The third-order valence-electron chi connectivity index (χ3n) is 5.57. The van der Waals surface area contributed by atoms with E-state index in [1.165, 1.54) is 0 Å². The Labute approximate surface area is 165 Å². The third kappa shape index (κ3) is 4.36. The lowest BCUT2D eigenvalue weighted by molar-refractivity contribution is -0.144. The molecule has 0 heterocycles. The van der Waals surface area contributed by atoms with E-state index in [-0.39, 0.29) is 11.8 Å². The van der Waals surface area contributed by atoms with Gasteiger partial charge in [0.1, 0.15) is 11.6 Å². The number of hydrogen-bond acceptors (Lipinski definition) is 4. The van der Waals surface area contributed by atoms with Gasteiger partial charge in [-0.2, -0.15) is 0 Å². The number of carbonyl (C=O) groups excluding carboxylic acids is 3. The van der Waals surface area contributed by atoms with Crippen LogP contribution in [0, 0.1) is 17.3 Å². The highest BCUT2D eigenvalue weighted by atomic mass is 16.4. The topological polar surface area (TPSA) is 125 Å². The fraction of sp³-hybridized carbons (Fsp3) is 0.700. The van der Waals surface area contributed by atoms with Crippen LogP contribution in [-0.2, 0) is 19.2 Å². The molecule has 4 N–H and O–H groups in total. The van der Waals surface area contributed by atoms with Crippen molar-refractivity contribution in [1.82, 2.24) is 16.0 Å². The zero-order valence-electron chi connectivity index (χ0n) is 17.2. The number of nitrogens with one attached hydrogen (secondary N) is 3. The number of hydrogen-bond donors (Lipinski definition) is 4. The lowest BCUT2D eigenvalue weighted by Gasteiger charge is -2.31. The Balaban J connectivity index is 2.10. The van der Waals surface area contributed by atoms with Crippen molar-refractivity contribution in [3.63, 3.8) is 0 Å². The van der Waals surface area contributed by atoms with Crippen molar-refractivity contribution in [2.45, 2.75) is 65.5 Å². The van der Waals surface area contributed by atoms with Gasteiger partial charge >= 0.3 is 5.97 Å². The number of allylic oxidation sites excluding steroid dienone is 1. The van der Waals surface area contributed by atoms with Crippen molar-refractivity contribution in [1.29, 1.82) is 0 Å². The van der Waals surface area contributed by atoms with E-state index in [1.807, 2.05) is 20.8 Å². The number of likely N-dealkylation sites (N-methyl/N-ethyl adjacent to an activating group) is 1. The lowest BCUT2D eigenvalue weighted by Crippen LogP contribution is -2.54. The van der Waals surface area contributed by atoms with Gasteiger partial charge in [-0.25, -0.2) is 4.79 Å². The van der Waals surface area contributed by atoms with Crippen LogP contribution < -0.4 is 16.0 Å². The van der Waals surface area contributed by atoms with Crippen LogP contribution in [0.2, 0.25) is 0 Å². The number of carboxylic acid groups (broad SMARTS) is 1. The first-order valence-corrected chi connectivity index (χ1v) is 9.78. The summed E-state index contributed by atoms with van der Waals surface area (Å²) in [5.41, 5.74) is -1.44. The van der Waals surface area contributed by atoms with Gasteiger partial charge in [0.2, 0.25) is 17.7 Å². The van der Waals surface area contributed by atoms with E-state index in [1.54, 1.807) is 19.9 Å². The Bertz CT molecular complexity index is 709. The van der Waals surface area contributed by atoms with E-state index in [0.717, 1.165) is 0 Å². The predicted molar refractivity (Wildman–Crippen MR) is 103 cm³/mol. The third-order valence-corrected chi connectivity index (χ3v) is 5.57. The minimum Gasteiger partial charge on any atom is -0.479 e. The Morgan fingerprint density at radius 3 is 2.36 bits per heavy atom. The summed E-state index contributed by atoms with van der Waals surface area (Å²) < 4.78 is 0. The molecule has 0 aromatic rings. The SMILES string of the molecule is CCNC(=O)C(NC(=O)C1=CCCC1C(=O)N[C@]1(C(=O)O)CC1C)C(C)(C)C. The smallest absolute Gasteiger partial charge is 0.329 e. The molecule has 4 atom stereocenters. The predicted octanol–water partition coefficient (Wildman–Crippen LogP) is 0.969. The molecule has 8 nitrogen and oxygen atoms in total. The molecule has 1 fully saturated rings. The minimum absolute atomic E-state index is 0.139. The van der Waals surface area contributed by atoms with Crippen LogP contribution in [0.25, 0.3) is 0 Å². The highest BCUT2D eigenvalue weighted by molar-refractivity contribution is 6.03. The van der Waals surface area contributed by atoms with Crippen LogP contribution in [0.3, 0.4) is 0 Å². The number of rotatable bonds is 7. The first-order chi connectivity index (χ1) is 12.9. The molecule has 8 heteroatoms. The second-order valence-corrected chi connectivity index (χ2v) is 8.83. The number of amides is 3. The molecular formula is C20H31N3O5. The Kier molecular flexibility index (Phi) is 6.21. The van der Waals surface area contributed by atoms with Gasteiger partial charge in [-0.05, 0) is 37.5 Å². The maximum Gasteiger partial charge on any atom is 0.329 e. The van der Waals surface area contributed by atoms with Crippen molar-refractivity contribution in [3.05, 3.63) is 11.6 Å². The zero-order valence-corrected chi connectivity index (χ0v) is 17.2. The van der Waals surface area contributed by atoms with Crippen molar-refractivity contribution >= 4 is 23.7 Å². The van der Waals surface area contributed by atoms with E-state index in [4.69, 9.17) is 0 Å². The molecule has 2 rings (SSSR count). The zero-order chi connectivity index (χ0) is 21.3. The first kappa shape index (κ1) is 21.9. The maximum atomic E-state index is 12.8. The average Bonchev–Trinajstić information content (AvgIpc) is 3.03. The summed E-state index contributed by atoms with van der Waals surface area (Å²) in [5, 5.41) is 17.5. The average molecular weight is 393 g/mol. The summed E-state index contributed by atoms with van der Waals surface area (Å²) in [6.07, 6.45) is 3.08.